The van der Waals surface area contributed by atoms with Crippen molar-refractivity contribution >= 4 is 0 Å². The van der Waals surface area contributed by atoms with Gasteiger partial charge in [-0.15, -0.1) is 0 Å². The quantitative estimate of drug-likeness (QED) is 0.629. The minimum Gasteiger partial charge on any atom is -0.314 e. The van der Waals surface area contributed by atoms with Crippen LogP contribution in [0.2, 0.25) is 0 Å². The van der Waals surface area contributed by atoms with E-state index in [9.17, 15) is 0 Å². The predicted octanol–water partition coefficient (Wildman–Crippen LogP) is 0.441. The molecule has 3 nitrogen and oxygen atoms in total. The lowest BCUT2D eigenvalue weighted by Crippen LogP contribution is -2.43. The van der Waals surface area contributed by atoms with Crippen LogP contribution in [0, 0.1) is 11.8 Å². The smallest absolute Gasteiger partial charge is 0.0462 e. The molecule has 1 aliphatic heterocycles. The highest BCUT2D eigenvalue weighted by molar-refractivity contribution is 4.65. The Kier molecular flexibility index (Phi) is 7.11. The summed E-state index contributed by atoms with van der Waals surface area (Å²) < 4.78 is 0. The Morgan fingerprint density at radius 2 is 1.91 bits per heavy atom. The van der Waals surface area contributed by atoms with Gasteiger partial charge in [-0.2, -0.15) is 0 Å². The predicted molar refractivity (Wildman–Crippen MR) is 46.3 cm³/mol. The average Bonchev–Trinajstić information content (AvgIpc) is 2.11. The molecule has 0 spiro atoms. The van der Waals surface area contributed by atoms with E-state index in [1.807, 2.05) is 0 Å². The number of piperazine rings is 1. The molecule has 0 aromatic heterocycles. The lowest BCUT2D eigenvalue weighted by atomic mass is 10.3. The SMILES string of the molecule is C#N.CCCN1CCNCC1. The maximum atomic E-state index is 6.50. The van der Waals surface area contributed by atoms with E-state index in [-0.39, 0.29) is 0 Å². The van der Waals surface area contributed by atoms with Crippen LogP contribution < -0.4 is 5.32 Å². The first-order chi connectivity index (χ1) is 5.43. The van der Waals surface area contributed by atoms with E-state index in [0.29, 0.717) is 0 Å². The van der Waals surface area contributed by atoms with E-state index in [0.717, 1.165) is 0 Å². The third-order valence-electron chi connectivity index (χ3n) is 1.75. The molecule has 0 atom stereocenters. The highest BCUT2D eigenvalue weighted by atomic mass is 15.2. The first kappa shape index (κ1) is 10.4. The maximum absolute atomic E-state index is 6.50. The molecule has 0 amide bonds. The van der Waals surface area contributed by atoms with Crippen LogP contribution in [-0.2, 0) is 0 Å². The van der Waals surface area contributed by atoms with Crippen LogP contribution in [0.3, 0.4) is 0 Å². The number of hydrogen-bond acceptors (Lipinski definition) is 3. The van der Waals surface area contributed by atoms with Gasteiger partial charge in [0.15, 0.2) is 0 Å². The van der Waals surface area contributed by atoms with Crippen LogP contribution in [0.4, 0.5) is 0 Å². The summed E-state index contributed by atoms with van der Waals surface area (Å²) in [6.07, 6.45) is 1.29. The van der Waals surface area contributed by atoms with E-state index >= 15 is 0 Å². The zero-order valence-electron chi connectivity index (χ0n) is 7.21. The third-order valence-corrected chi connectivity index (χ3v) is 1.75. The largest absolute Gasteiger partial charge is 0.314 e. The van der Waals surface area contributed by atoms with Crippen LogP contribution in [0.15, 0.2) is 0 Å². The van der Waals surface area contributed by atoms with Crippen LogP contribution in [-0.4, -0.2) is 37.6 Å². The Labute approximate surface area is 69.0 Å². The van der Waals surface area contributed by atoms with Gasteiger partial charge in [0.05, 0.1) is 0 Å². The molecule has 0 radical (unpaired) electrons. The summed E-state index contributed by atoms with van der Waals surface area (Å²) in [4.78, 5) is 2.51. The van der Waals surface area contributed by atoms with E-state index in [1.54, 1.807) is 0 Å². The van der Waals surface area contributed by atoms with Gasteiger partial charge in [-0.3, -0.25) is 0 Å². The topological polar surface area (TPSA) is 39.1 Å². The van der Waals surface area contributed by atoms with Crippen LogP contribution >= 0.6 is 0 Å². The Hall–Kier alpha value is -0.590. The molecule has 1 saturated heterocycles. The molecule has 0 saturated carbocycles. The first-order valence-electron chi connectivity index (χ1n) is 4.12. The van der Waals surface area contributed by atoms with Gasteiger partial charge in [-0.05, 0) is 13.0 Å². The van der Waals surface area contributed by atoms with Gasteiger partial charge in [0.25, 0.3) is 0 Å². The Balaban J connectivity index is 0.000000461. The van der Waals surface area contributed by atoms with Crippen molar-refractivity contribution in [2.45, 2.75) is 13.3 Å². The summed E-state index contributed by atoms with van der Waals surface area (Å²) in [5, 5.41) is 9.83. The van der Waals surface area contributed by atoms with E-state index in [4.69, 9.17) is 5.26 Å². The van der Waals surface area contributed by atoms with Gasteiger partial charge in [-0.25, -0.2) is 5.26 Å². The molecule has 64 valence electrons. The van der Waals surface area contributed by atoms with E-state index < -0.39 is 0 Å². The van der Waals surface area contributed by atoms with Gasteiger partial charge in [-0.1, -0.05) is 6.92 Å². The molecule has 1 rings (SSSR count). The molecule has 1 aliphatic rings. The lowest BCUT2D eigenvalue weighted by molar-refractivity contribution is 0.241. The van der Waals surface area contributed by atoms with Crippen molar-refractivity contribution in [3.63, 3.8) is 0 Å². The fraction of sp³-hybridized carbons (Fsp3) is 0.875. The van der Waals surface area contributed by atoms with Crippen molar-refractivity contribution in [1.82, 2.24) is 10.2 Å². The van der Waals surface area contributed by atoms with Crippen LogP contribution in [0.5, 0.6) is 0 Å². The van der Waals surface area contributed by atoms with Crippen molar-refractivity contribution in [2.24, 2.45) is 0 Å². The standard InChI is InChI=1S/C7H16N2.CHN/c1-2-5-9-6-3-8-4-7-9;1-2/h8H,2-7H2,1H3;1H. The van der Waals surface area contributed by atoms with Gasteiger partial charge in [0, 0.05) is 32.8 Å². The zero-order valence-corrected chi connectivity index (χ0v) is 7.21. The second-order valence-electron chi connectivity index (χ2n) is 2.59. The van der Waals surface area contributed by atoms with Crippen molar-refractivity contribution in [3.8, 4) is 6.57 Å². The van der Waals surface area contributed by atoms with Crippen molar-refractivity contribution in [3.05, 3.63) is 0 Å². The third kappa shape index (κ3) is 4.77. The highest BCUT2D eigenvalue weighted by Crippen LogP contribution is 1.92. The van der Waals surface area contributed by atoms with Crippen molar-refractivity contribution in [2.75, 3.05) is 32.7 Å². The second-order valence-corrected chi connectivity index (χ2v) is 2.59. The molecular formula is C8H17N3. The molecule has 0 aliphatic carbocycles. The van der Waals surface area contributed by atoms with Crippen molar-refractivity contribution in [1.29, 1.82) is 5.26 Å². The fourth-order valence-corrected chi connectivity index (χ4v) is 1.25. The average molecular weight is 155 g/mol. The Morgan fingerprint density at radius 1 is 1.36 bits per heavy atom. The maximum Gasteiger partial charge on any atom is 0.0462 e. The Morgan fingerprint density at radius 3 is 2.36 bits per heavy atom. The second kappa shape index (κ2) is 7.52. The lowest BCUT2D eigenvalue weighted by Gasteiger charge is -2.26. The minimum absolute atomic E-state index is 1.18. The molecule has 0 aromatic carbocycles. The molecule has 0 aromatic rings. The van der Waals surface area contributed by atoms with Crippen molar-refractivity contribution < 1.29 is 0 Å². The summed E-state index contributed by atoms with van der Waals surface area (Å²) in [7, 11) is 0. The summed E-state index contributed by atoms with van der Waals surface area (Å²) in [6, 6.07) is 0. The van der Waals surface area contributed by atoms with Gasteiger partial charge >= 0.3 is 0 Å². The van der Waals surface area contributed by atoms with Crippen LogP contribution in [0.1, 0.15) is 13.3 Å². The number of nitrogens with zero attached hydrogens (tertiary/aromatic N) is 2. The normalized spacial score (nSPS) is 18.5. The van der Waals surface area contributed by atoms with Crippen LogP contribution in [0.25, 0.3) is 0 Å². The number of hydrogen-bond donors (Lipinski definition) is 1. The highest BCUT2D eigenvalue weighted by Gasteiger charge is 2.06. The number of nitriles is 1. The summed E-state index contributed by atoms with van der Waals surface area (Å²) >= 11 is 0. The molecule has 11 heavy (non-hydrogen) atoms. The monoisotopic (exact) mass is 155 g/mol. The molecule has 1 fully saturated rings. The van der Waals surface area contributed by atoms with Gasteiger partial charge < -0.3 is 10.2 Å². The molecule has 3 heteroatoms. The molecular weight excluding hydrogens is 138 g/mol. The van der Waals surface area contributed by atoms with Gasteiger partial charge in [0.1, 0.15) is 0 Å². The van der Waals surface area contributed by atoms with Gasteiger partial charge in [0.2, 0.25) is 0 Å². The molecule has 0 unspecified atom stereocenters. The Bertz CT molecular complexity index is 92.0. The summed E-state index contributed by atoms with van der Waals surface area (Å²) in [5.41, 5.74) is 0. The van der Waals surface area contributed by atoms with E-state index in [1.165, 1.54) is 39.1 Å². The zero-order chi connectivity index (χ0) is 8.53. The summed E-state index contributed by atoms with van der Waals surface area (Å²) in [6.45, 7) is 11.9. The van der Waals surface area contributed by atoms with E-state index in [2.05, 4.69) is 23.7 Å². The molecule has 0 bridgehead atoms. The number of nitrogens with one attached hydrogen (secondary N) is 1. The first-order valence-corrected chi connectivity index (χ1v) is 4.12. The molecule has 1 N–H and O–H groups in total. The summed E-state index contributed by atoms with van der Waals surface area (Å²) in [5.74, 6) is 0. The fourth-order valence-electron chi connectivity index (χ4n) is 1.25. The minimum atomic E-state index is 1.18. The number of rotatable bonds is 2. The molecule has 1 heterocycles.